The zero-order valence-electron chi connectivity index (χ0n) is 8.25. The number of carboxylic acid groups (broad SMARTS) is 1. The smallest absolute Gasteiger partial charge is 0.357 e. The van der Waals surface area contributed by atoms with E-state index in [9.17, 15) is 4.79 Å². The second kappa shape index (κ2) is 4.71. The Hall–Kier alpha value is -1.95. The van der Waals surface area contributed by atoms with E-state index in [1.807, 2.05) is 12.1 Å². The summed E-state index contributed by atoms with van der Waals surface area (Å²) >= 11 is 1.28. The quantitative estimate of drug-likeness (QED) is 0.845. The van der Waals surface area contributed by atoms with Crippen LogP contribution in [0.2, 0.25) is 0 Å². The number of aromatic carboxylic acids is 1. The fourth-order valence-electron chi connectivity index (χ4n) is 1.21. The number of carboxylic acids is 1. The number of thiazole rings is 1. The first kappa shape index (κ1) is 10.6. The summed E-state index contributed by atoms with van der Waals surface area (Å²) in [4.78, 5) is 18.5. The van der Waals surface area contributed by atoms with Crippen molar-refractivity contribution in [2.75, 3.05) is 5.32 Å². The fourth-order valence-corrected chi connectivity index (χ4v) is 1.88. The van der Waals surface area contributed by atoms with Crippen LogP contribution in [0, 0.1) is 0 Å². The van der Waals surface area contributed by atoms with Crippen LogP contribution >= 0.6 is 11.3 Å². The van der Waals surface area contributed by atoms with Crippen molar-refractivity contribution >= 4 is 22.3 Å². The number of hydrogen-bond donors (Lipinski definition) is 2. The lowest BCUT2D eigenvalue weighted by atomic mass is 10.3. The lowest BCUT2D eigenvalue weighted by Gasteiger charge is -2.03. The number of rotatable bonds is 4. The highest BCUT2D eigenvalue weighted by Crippen LogP contribution is 2.20. The molecule has 0 aliphatic rings. The number of pyridine rings is 1. The highest BCUT2D eigenvalue weighted by Gasteiger charge is 2.12. The minimum atomic E-state index is -1.02. The van der Waals surface area contributed by atoms with Crippen molar-refractivity contribution in [3.05, 3.63) is 41.3 Å². The summed E-state index contributed by atoms with van der Waals surface area (Å²) in [7, 11) is 0. The fraction of sp³-hybridized carbons (Fsp3) is 0.100. The lowest BCUT2D eigenvalue weighted by Crippen LogP contribution is -2.04. The summed E-state index contributed by atoms with van der Waals surface area (Å²) in [5, 5.41) is 12.5. The van der Waals surface area contributed by atoms with Crippen LogP contribution in [0.3, 0.4) is 0 Å². The van der Waals surface area contributed by atoms with Gasteiger partial charge in [0.1, 0.15) is 5.00 Å². The highest BCUT2D eigenvalue weighted by atomic mass is 32.1. The van der Waals surface area contributed by atoms with Crippen LogP contribution in [0.4, 0.5) is 5.00 Å². The summed E-state index contributed by atoms with van der Waals surface area (Å²) in [6.45, 7) is 0.561. The van der Waals surface area contributed by atoms with Gasteiger partial charge in [0.15, 0.2) is 5.69 Å². The number of anilines is 1. The van der Waals surface area contributed by atoms with Gasteiger partial charge in [-0.05, 0) is 17.7 Å². The number of nitrogens with one attached hydrogen (secondary N) is 1. The largest absolute Gasteiger partial charge is 0.476 e. The summed E-state index contributed by atoms with van der Waals surface area (Å²) in [6, 6.07) is 3.74. The Balaban J connectivity index is 2.05. The van der Waals surface area contributed by atoms with E-state index in [2.05, 4.69) is 15.3 Å². The van der Waals surface area contributed by atoms with E-state index in [1.165, 1.54) is 16.8 Å². The molecule has 6 heteroatoms. The Morgan fingerprint density at radius 1 is 1.44 bits per heavy atom. The van der Waals surface area contributed by atoms with Gasteiger partial charge in [-0.15, -0.1) is 11.3 Å². The highest BCUT2D eigenvalue weighted by molar-refractivity contribution is 7.14. The zero-order valence-corrected chi connectivity index (χ0v) is 9.07. The predicted molar refractivity (Wildman–Crippen MR) is 60.6 cm³/mol. The van der Waals surface area contributed by atoms with Crippen molar-refractivity contribution in [2.45, 2.75) is 6.54 Å². The summed E-state index contributed by atoms with van der Waals surface area (Å²) in [6.07, 6.45) is 3.39. The van der Waals surface area contributed by atoms with Crippen LogP contribution in [0.25, 0.3) is 0 Å². The third-order valence-electron chi connectivity index (χ3n) is 1.97. The Morgan fingerprint density at radius 3 is 2.88 bits per heavy atom. The van der Waals surface area contributed by atoms with Crippen LogP contribution in [0.1, 0.15) is 16.1 Å². The molecule has 0 fully saturated rings. The molecule has 2 rings (SSSR count). The normalized spacial score (nSPS) is 10.0. The molecule has 2 aromatic rings. The molecular weight excluding hydrogens is 226 g/mol. The maximum atomic E-state index is 10.8. The maximum absolute atomic E-state index is 10.8. The van der Waals surface area contributed by atoms with Crippen molar-refractivity contribution in [1.82, 2.24) is 9.97 Å². The van der Waals surface area contributed by atoms with Crippen molar-refractivity contribution in [3.8, 4) is 0 Å². The minimum absolute atomic E-state index is 0.0686. The zero-order chi connectivity index (χ0) is 11.4. The second-order valence-electron chi connectivity index (χ2n) is 3.04. The topological polar surface area (TPSA) is 75.1 Å². The van der Waals surface area contributed by atoms with Crippen LogP contribution in [0.5, 0.6) is 0 Å². The van der Waals surface area contributed by atoms with Crippen LogP contribution in [-0.4, -0.2) is 21.0 Å². The van der Waals surface area contributed by atoms with E-state index >= 15 is 0 Å². The van der Waals surface area contributed by atoms with Crippen LogP contribution in [0.15, 0.2) is 30.0 Å². The van der Waals surface area contributed by atoms with Gasteiger partial charge in [0.2, 0.25) is 0 Å². The molecule has 0 bridgehead atoms. The molecule has 0 spiro atoms. The van der Waals surface area contributed by atoms with Crippen LogP contribution in [-0.2, 0) is 6.54 Å². The molecule has 2 heterocycles. The number of nitrogens with zero attached hydrogens (tertiary/aromatic N) is 2. The van der Waals surface area contributed by atoms with Gasteiger partial charge in [0.05, 0.1) is 5.51 Å². The first-order chi connectivity index (χ1) is 7.77. The Labute approximate surface area is 95.8 Å². The molecule has 0 saturated carbocycles. The average Bonchev–Trinajstić information content (AvgIpc) is 2.76. The third-order valence-corrected chi connectivity index (χ3v) is 2.76. The number of hydrogen-bond acceptors (Lipinski definition) is 5. The molecule has 0 atom stereocenters. The van der Waals surface area contributed by atoms with Crippen molar-refractivity contribution in [1.29, 1.82) is 0 Å². The Morgan fingerprint density at radius 2 is 2.19 bits per heavy atom. The molecule has 82 valence electrons. The molecule has 2 aromatic heterocycles. The van der Waals surface area contributed by atoms with E-state index in [4.69, 9.17) is 5.11 Å². The van der Waals surface area contributed by atoms with Crippen LogP contribution < -0.4 is 5.32 Å². The van der Waals surface area contributed by atoms with E-state index < -0.39 is 5.97 Å². The van der Waals surface area contributed by atoms with Gasteiger partial charge in [0.25, 0.3) is 0 Å². The van der Waals surface area contributed by atoms with E-state index in [0.29, 0.717) is 11.5 Å². The first-order valence-corrected chi connectivity index (χ1v) is 5.45. The van der Waals surface area contributed by atoms with E-state index in [1.54, 1.807) is 12.4 Å². The molecule has 16 heavy (non-hydrogen) atoms. The molecule has 0 saturated heterocycles. The molecule has 0 aliphatic carbocycles. The first-order valence-electron chi connectivity index (χ1n) is 4.57. The number of carbonyl (C=O) groups is 1. The second-order valence-corrected chi connectivity index (χ2v) is 3.90. The molecule has 5 nitrogen and oxygen atoms in total. The monoisotopic (exact) mass is 235 g/mol. The van der Waals surface area contributed by atoms with Gasteiger partial charge in [0, 0.05) is 18.9 Å². The van der Waals surface area contributed by atoms with E-state index in [-0.39, 0.29) is 5.69 Å². The Bertz CT molecular complexity index is 484. The van der Waals surface area contributed by atoms with Crippen molar-refractivity contribution in [2.24, 2.45) is 0 Å². The molecular formula is C10H9N3O2S. The van der Waals surface area contributed by atoms with Crippen molar-refractivity contribution < 1.29 is 9.90 Å². The summed E-state index contributed by atoms with van der Waals surface area (Å²) < 4.78 is 0. The molecule has 0 aromatic carbocycles. The maximum Gasteiger partial charge on any atom is 0.357 e. The SMILES string of the molecule is O=C(O)c1ncsc1NCc1ccncc1. The van der Waals surface area contributed by atoms with Gasteiger partial charge in [-0.25, -0.2) is 9.78 Å². The predicted octanol–water partition coefficient (Wildman–Crippen LogP) is 1.85. The molecule has 0 radical (unpaired) electrons. The van der Waals surface area contributed by atoms with Crippen molar-refractivity contribution in [3.63, 3.8) is 0 Å². The van der Waals surface area contributed by atoms with Gasteiger partial charge in [-0.1, -0.05) is 0 Å². The van der Waals surface area contributed by atoms with Gasteiger partial charge in [-0.2, -0.15) is 0 Å². The molecule has 0 unspecified atom stereocenters. The molecule has 2 N–H and O–H groups in total. The van der Waals surface area contributed by atoms with Gasteiger partial charge in [-0.3, -0.25) is 4.98 Å². The third kappa shape index (κ3) is 2.34. The standard InChI is InChI=1S/C10H9N3O2S/c14-10(15)8-9(16-6-13-8)12-5-7-1-3-11-4-2-7/h1-4,6,12H,5H2,(H,14,15). The lowest BCUT2D eigenvalue weighted by molar-refractivity contribution is 0.0692. The van der Waals surface area contributed by atoms with Gasteiger partial charge < -0.3 is 10.4 Å². The average molecular weight is 235 g/mol. The van der Waals surface area contributed by atoms with E-state index in [0.717, 1.165) is 5.56 Å². The van der Waals surface area contributed by atoms with Gasteiger partial charge >= 0.3 is 5.97 Å². The minimum Gasteiger partial charge on any atom is -0.476 e. The molecule has 0 amide bonds. The summed E-state index contributed by atoms with van der Waals surface area (Å²) in [5.74, 6) is -1.02. The molecule has 0 aliphatic heterocycles. The number of aromatic nitrogens is 2. The summed E-state index contributed by atoms with van der Waals surface area (Å²) in [5.41, 5.74) is 2.62. The Kier molecular flexibility index (Phi) is 3.11.